The third-order valence-corrected chi connectivity index (χ3v) is 4.65. The molecule has 1 heterocycles. The Balaban J connectivity index is 1.84. The Labute approximate surface area is 168 Å². The monoisotopic (exact) mass is 399 g/mol. The van der Waals surface area contributed by atoms with Gasteiger partial charge < -0.3 is 15.0 Å². The van der Waals surface area contributed by atoms with Gasteiger partial charge in [0.15, 0.2) is 6.61 Å². The minimum Gasteiger partial charge on any atom is -0.482 e. The molecule has 29 heavy (non-hydrogen) atoms. The molecule has 3 amide bonds. The van der Waals surface area contributed by atoms with Gasteiger partial charge in [0.1, 0.15) is 18.1 Å². The number of nitrogens with zero attached hydrogens (tertiary/aromatic N) is 2. The van der Waals surface area contributed by atoms with Crippen molar-refractivity contribution in [1.29, 1.82) is 0 Å². The van der Waals surface area contributed by atoms with Crippen molar-refractivity contribution in [3.05, 3.63) is 53.8 Å². The lowest BCUT2D eigenvalue weighted by Gasteiger charge is -2.29. The highest BCUT2D eigenvalue weighted by Gasteiger charge is 2.29. The molecule has 0 saturated heterocycles. The summed E-state index contributed by atoms with van der Waals surface area (Å²) in [7, 11) is 0. The first-order chi connectivity index (χ1) is 13.9. The van der Waals surface area contributed by atoms with Gasteiger partial charge in [-0.1, -0.05) is 12.1 Å². The number of rotatable bonds is 6. The molecule has 1 N–H and O–H groups in total. The van der Waals surface area contributed by atoms with Crippen LogP contribution in [0.2, 0.25) is 0 Å². The molecule has 0 aliphatic carbocycles. The molecule has 0 unspecified atom stereocenters. The van der Waals surface area contributed by atoms with E-state index in [1.54, 1.807) is 29.2 Å². The molecule has 0 bridgehead atoms. The molecule has 8 heteroatoms. The molecule has 1 aliphatic rings. The summed E-state index contributed by atoms with van der Waals surface area (Å²) in [6, 6.07) is 10.6. The minimum absolute atomic E-state index is 0.0314. The summed E-state index contributed by atoms with van der Waals surface area (Å²) in [5, 5.41) is 2.46. The number of fused-ring (bicyclic) bond motifs is 1. The normalized spacial score (nSPS) is 12.8. The Bertz CT molecular complexity index is 943. The number of anilines is 2. The van der Waals surface area contributed by atoms with Gasteiger partial charge >= 0.3 is 0 Å². The van der Waals surface area contributed by atoms with E-state index >= 15 is 0 Å². The summed E-state index contributed by atoms with van der Waals surface area (Å²) in [6.45, 7) is 4.32. The van der Waals surface area contributed by atoms with Crippen molar-refractivity contribution < 1.29 is 23.5 Å². The average Bonchev–Trinajstić information content (AvgIpc) is 2.72. The van der Waals surface area contributed by atoms with Crippen molar-refractivity contribution in [1.82, 2.24) is 4.90 Å². The van der Waals surface area contributed by atoms with Gasteiger partial charge in [-0.25, -0.2) is 4.39 Å². The fraction of sp³-hybridized carbons (Fsp3) is 0.286. The van der Waals surface area contributed by atoms with Crippen molar-refractivity contribution >= 4 is 29.1 Å². The molecular formula is C21H22FN3O4. The van der Waals surface area contributed by atoms with E-state index in [1.807, 2.05) is 13.8 Å². The predicted octanol–water partition coefficient (Wildman–Crippen LogP) is 2.67. The van der Waals surface area contributed by atoms with E-state index in [2.05, 4.69) is 5.32 Å². The minimum atomic E-state index is -0.568. The van der Waals surface area contributed by atoms with Crippen LogP contribution in [0.15, 0.2) is 42.5 Å². The molecule has 152 valence electrons. The maximum Gasteiger partial charge on any atom is 0.265 e. The highest BCUT2D eigenvalue weighted by atomic mass is 19.1. The standard InChI is InChI=1S/C21H22FN3O4/c1-3-24(4-2)21(28)14-9-10-18-17(11-14)25(20(27)13-29-18)12-19(26)23-16-8-6-5-7-15(16)22/h5-11H,3-4,12-13H2,1-2H3,(H,23,26). The lowest BCUT2D eigenvalue weighted by molar-refractivity contribution is -0.123. The molecular weight excluding hydrogens is 377 g/mol. The Kier molecular flexibility index (Phi) is 6.11. The number of nitrogens with one attached hydrogen (secondary N) is 1. The quantitative estimate of drug-likeness (QED) is 0.810. The first-order valence-electron chi connectivity index (χ1n) is 9.35. The molecule has 1 aliphatic heterocycles. The largest absolute Gasteiger partial charge is 0.482 e. The summed E-state index contributed by atoms with van der Waals surface area (Å²) < 4.78 is 19.2. The summed E-state index contributed by atoms with van der Waals surface area (Å²) in [5.41, 5.74) is 0.761. The van der Waals surface area contributed by atoms with E-state index in [4.69, 9.17) is 4.74 Å². The summed E-state index contributed by atoms with van der Waals surface area (Å²) in [5.74, 6) is -1.32. The van der Waals surface area contributed by atoms with E-state index < -0.39 is 17.6 Å². The van der Waals surface area contributed by atoms with E-state index in [1.165, 1.54) is 23.1 Å². The van der Waals surface area contributed by atoms with Crippen molar-refractivity contribution in [2.75, 3.05) is 36.5 Å². The molecule has 3 rings (SSSR count). The van der Waals surface area contributed by atoms with Gasteiger partial charge in [-0.2, -0.15) is 0 Å². The number of carbonyl (C=O) groups excluding carboxylic acids is 3. The number of hydrogen-bond acceptors (Lipinski definition) is 4. The maximum absolute atomic E-state index is 13.8. The second-order valence-corrected chi connectivity index (χ2v) is 6.46. The van der Waals surface area contributed by atoms with E-state index in [-0.39, 0.29) is 24.7 Å². The number of amides is 3. The fourth-order valence-electron chi connectivity index (χ4n) is 3.10. The van der Waals surface area contributed by atoms with Crippen molar-refractivity contribution in [3.63, 3.8) is 0 Å². The van der Waals surface area contributed by atoms with Crippen LogP contribution in [0.3, 0.4) is 0 Å². The maximum atomic E-state index is 13.8. The SMILES string of the molecule is CCN(CC)C(=O)c1ccc2c(c1)N(CC(=O)Nc1ccccc1F)C(=O)CO2. The number of ether oxygens (including phenoxy) is 1. The van der Waals surface area contributed by atoms with Crippen LogP contribution < -0.4 is 15.0 Å². The van der Waals surface area contributed by atoms with Gasteiger partial charge in [0.2, 0.25) is 5.91 Å². The highest BCUT2D eigenvalue weighted by molar-refractivity contribution is 6.06. The van der Waals surface area contributed by atoms with Crippen LogP contribution in [0.1, 0.15) is 24.2 Å². The number of benzene rings is 2. The summed E-state index contributed by atoms with van der Waals surface area (Å²) in [6.07, 6.45) is 0. The smallest absolute Gasteiger partial charge is 0.265 e. The number of para-hydroxylation sites is 1. The first-order valence-corrected chi connectivity index (χ1v) is 9.35. The number of carbonyl (C=O) groups is 3. The Morgan fingerprint density at radius 3 is 2.59 bits per heavy atom. The number of hydrogen-bond donors (Lipinski definition) is 1. The lowest BCUT2D eigenvalue weighted by Crippen LogP contribution is -2.43. The van der Waals surface area contributed by atoms with Gasteiger partial charge in [-0.15, -0.1) is 0 Å². The van der Waals surface area contributed by atoms with E-state index in [9.17, 15) is 18.8 Å². The van der Waals surface area contributed by atoms with Crippen LogP contribution in [0.4, 0.5) is 15.8 Å². The molecule has 2 aromatic carbocycles. The van der Waals surface area contributed by atoms with Gasteiger partial charge in [0.25, 0.3) is 11.8 Å². The lowest BCUT2D eigenvalue weighted by atomic mass is 10.1. The third kappa shape index (κ3) is 4.37. The topological polar surface area (TPSA) is 79.0 Å². The third-order valence-electron chi connectivity index (χ3n) is 4.65. The second-order valence-electron chi connectivity index (χ2n) is 6.46. The van der Waals surface area contributed by atoms with E-state index in [0.29, 0.717) is 30.1 Å². The molecule has 0 saturated carbocycles. The molecule has 0 radical (unpaired) electrons. The Morgan fingerprint density at radius 1 is 1.17 bits per heavy atom. The highest BCUT2D eigenvalue weighted by Crippen LogP contribution is 2.33. The van der Waals surface area contributed by atoms with Crippen molar-refractivity contribution in [3.8, 4) is 5.75 Å². The molecule has 0 spiro atoms. The van der Waals surface area contributed by atoms with Crippen LogP contribution in [-0.2, 0) is 9.59 Å². The zero-order chi connectivity index (χ0) is 21.0. The van der Waals surface area contributed by atoms with Gasteiger partial charge in [-0.05, 0) is 44.2 Å². The molecule has 0 atom stereocenters. The predicted molar refractivity (Wildman–Crippen MR) is 107 cm³/mol. The van der Waals surface area contributed by atoms with Crippen LogP contribution >= 0.6 is 0 Å². The second kappa shape index (κ2) is 8.72. The van der Waals surface area contributed by atoms with Gasteiger partial charge in [-0.3, -0.25) is 19.3 Å². The molecule has 0 aromatic heterocycles. The molecule has 0 fully saturated rings. The first kappa shape index (κ1) is 20.3. The zero-order valence-corrected chi connectivity index (χ0v) is 16.3. The van der Waals surface area contributed by atoms with Crippen LogP contribution in [0, 0.1) is 5.82 Å². The average molecular weight is 399 g/mol. The van der Waals surface area contributed by atoms with Crippen molar-refractivity contribution in [2.45, 2.75) is 13.8 Å². The van der Waals surface area contributed by atoms with Gasteiger partial charge in [0.05, 0.1) is 11.4 Å². The molecule has 7 nitrogen and oxygen atoms in total. The zero-order valence-electron chi connectivity index (χ0n) is 16.3. The van der Waals surface area contributed by atoms with Gasteiger partial charge in [0, 0.05) is 18.7 Å². The number of halogens is 1. The van der Waals surface area contributed by atoms with E-state index in [0.717, 1.165) is 0 Å². The van der Waals surface area contributed by atoms with Crippen LogP contribution in [0.25, 0.3) is 0 Å². The van der Waals surface area contributed by atoms with Crippen LogP contribution in [-0.4, -0.2) is 48.9 Å². The summed E-state index contributed by atoms with van der Waals surface area (Å²) in [4.78, 5) is 40.4. The Hall–Kier alpha value is -3.42. The molecule has 2 aromatic rings. The Morgan fingerprint density at radius 2 is 1.90 bits per heavy atom. The van der Waals surface area contributed by atoms with Crippen LogP contribution in [0.5, 0.6) is 5.75 Å². The fourth-order valence-corrected chi connectivity index (χ4v) is 3.10. The summed E-state index contributed by atoms with van der Waals surface area (Å²) >= 11 is 0. The van der Waals surface area contributed by atoms with Crippen molar-refractivity contribution in [2.24, 2.45) is 0 Å².